The summed E-state index contributed by atoms with van der Waals surface area (Å²) in [5, 5.41) is 7.93. The number of rotatable bonds is 10. The minimum atomic E-state index is -0.961. The lowest BCUT2D eigenvalue weighted by atomic mass is 10.1. The third-order valence-electron chi connectivity index (χ3n) is 4.96. The van der Waals surface area contributed by atoms with Crippen LogP contribution >= 0.6 is 0 Å². The van der Waals surface area contributed by atoms with Crippen molar-refractivity contribution >= 4 is 35.5 Å². The highest BCUT2D eigenvalue weighted by atomic mass is 16.5. The molecule has 2 aromatic carbocycles. The number of benzene rings is 2. The summed E-state index contributed by atoms with van der Waals surface area (Å²) in [5.74, 6) is -1.42. The van der Waals surface area contributed by atoms with Crippen LogP contribution in [0.15, 0.2) is 54.6 Å². The number of nitrogens with one attached hydrogen (secondary N) is 3. The second-order valence-corrected chi connectivity index (χ2v) is 7.79. The second kappa shape index (κ2) is 11.6. The Morgan fingerprint density at radius 3 is 2.44 bits per heavy atom. The number of methoxy groups -OCH3 is 1. The summed E-state index contributed by atoms with van der Waals surface area (Å²) in [6.45, 7) is 0.899. The number of ether oxygens (including phenoxy) is 2. The van der Waals surface area contributed by atoms with Gasteiger partial charge in [0.05, 0.1) is 18.4 Å². The van der Waals surface area contributed by atoms with Crippen molar-refractivity contribution in [3.8, 4) is 5.75 Å². The molecule has 1 atom stereocenters. The van der Waals surface area contributed by atoms with Gasteiger partial charge in [-0.15, -0.1) is 0 Å². The number of hydrogen-bond donors (Lipinski definition) is 3. The van der Waals surface area contributed by atoms with Crippen molar-refractivity contribution in [1.82, 2.24) is 10.6 Å². The Morgan fingerprint density at radius 2 is 1.76 bits per heavy atom. The third kappa shape index (κ3) is 7.47. The zero-order chi connectivity index (χ0) is 24.5. The van der Waals surface area contributed by atoms with Gasteiger partial charge in [0.25, 0.3) is 11.8 Å². The van der Waals surface area contributed by atoms with Crippen molar-refractivity contribution in [1.29, 1.82) is 0 Å². The van der Waals surface area contributed by atoms with Crippen LogP contribution in [0, 0.1) is 0 Å². The Bertz CT molecular complexity index is 1080. The number of esters is 1. The molecule has 0 saturated heterocycles. The van der Waals surface area contributed by atoms with Gasteiger partial charge in [0.15, 0.2) is 6.61 Å². The van der Waals surface area contributed by atoms with Crippen LogP contribution in [0.1, 0.15) is 35.7 Å². The Labute approximate surface area is 197 Å². The molecule has 3 N–H and O–H groups in total. The van der Waals surface area contributed by atoms with Crippen LogP contribution in [0.3, 0.4) is 0 Å². The predicted molar refractivity (Wildman–Crippen MR) is 126 cm³/mol. The number of amides is 3. The summed E-state index contributed by atoms with van der Waals surface area (Å²) in [6.07, 6.45) is 4.78. The molecule has 0 aromatic heterocycles. The first-order valence-electron chi connectivity index (χ1n) is 10.8. The zero-order valence-corrected chi connectivity index (χ0v) is 19.0. The van der Waals surface area contributed by atoms with Crippen LogP contribution in [-0.2, 0) is 19.1 Å². The van der Waals surface area contributed by atoms with E-state index in [2.05, 4.69) is 16.0 Å². The summed E-state index contributed by atoms with van der Waals surface area (Å²) in [6, 6.07) is 12.9. The molecule has 9 heteroatoms. The molecule has 1 fully saturated rings. The van der Waals surface area contributed by atoms with E-state index in [1.807, 2.05) is 0 Å². The fraction of sp³-hybridized carbons (Fsp3) is 0.280. The van der Waals surface area contributed by atoms with E-state index in [0.29, 0.717) is 17.0 Å². The summed E-state index contributed by atoms with van der Waals surface area (Å²) in [4.78, 5) is 48.8. The highest BCUT2D eigenvalue weighted by Gasteiger charge is 2.25. The molecule has 34 heavy (non-hydrogen) atoms. The minimum absolute atomic E-state index is 0.181. The van der Waals surface area contributed by atoms with Gasteiger partial charge in [0.2, 0.25) is 5.91 Å². The monoisotopic (exact) mass is 465 g/mol. The Kier molecular flexibility index (Phi) is 8.39. The van der Waals surface area contributed by atoms with Crippen molar-refractivity contribution in [2.45, 2.75) is 31.8 Å². The number of carbonyl (C=O) groups is 4. The van der Waals surface area contributed by atoms with Crippen LogP contribution < -0.4 is 20.7 Å². The molecule has 1 aliphatic carbocycles. The van der Waals surface area contributed by atoms with Gasteiger partial charge in [-0.05, 0) is 55.7 Å². The molecule has 1 unspecified atom stereocenters. The van der Waals surface area contributed by atoms with Gasteiger partial charge in [-0.25, -0.2) is 4.79 Å². The highest BCUT2D eigenvalue weighted by Crippen LogP contribution is 2.21. The quantitative estimate of drug-likeness (QED) is 0.366. The van der Waals surface area contributed by atoms with Gasteiger partial charge in [-0.3, -0.25) is 14.4 Å². The standard InChI is InChI=1S/C25H27N3O6/c1-16(26-22(29)14-9-17-7-12-19(33-2)13-8-17)25(32)34-15-23(30)28-21-6-4-3-5-20(21)24(31)27-18-10-11-18/h3-9,12-14,16,18H,10-11,15H2,1-2H3,(H,26,29)(H,27,31)(H,28,30)/b14-9+. The van der Waals surface area contributed by atoms with Crippen LogP contribution in [0.5, 0.6) is 5.75 Å². The molecule has 178 valence electrons. The van der Waals surface area contributed by atoms with E-state index in [-0.39, 0.29) is 11.9 Å². The first-order valence-corrected chi connectivity index (χ1v) is 10.8. The van der Waals surface area contributed by atoms with E-state index < -0.39 is 30.4 Å². The van der Waals surface area contributed by atoms with Gasteiger partial charge in [0.1, 0.15) is 11.8 Å². The molecular weight excluding hydrogens is 438 g/mol. The van der Waals surface area contributed by atoms with E-state index in [0.717, 1.165) is 18.4 Å². The van der Waals surface area contributed by atoms with Crippen LogP contribution in [0.4, 0.5) is 5.69 Å². The molecule has 1 saturated carbocycles. The van der Waals surface area contributed by atoms with Crippen molar-refractivity contribution < 1.29 is 28.7 Å². The predicted octanol–water partition coefficient (Wildman–Crippen LogP) is 2.29. The van der Waals surface area contributed by atoms with E-state index in [4.69, 9.17) is 9.47 Å². The SMILES string of the molecule is COc1ccc(/C=C/C(=O)NC(C)C(=O)OCC(=O)Nc2ccccc2C(=O)NC2CC2)cc1. The topological polar surface area (TPSA) is 123 Å². The fourth-order valence-electron chi connectivity index (χ4n) is 2.94. The van der Waals surface area contributed by atoms with Crippen molar-refractivity contribution in [2.75, 3.05) is 19.0 Å². The molecule has 0 heterocycles. The lowest BCUT2D eigenvalue weighted by molar-refractivity contribution is -0.149. The normalized spacial score (nSPS) is 13.6. The van der Waals surface area contributed by atoms with Gasteiger partial charge in [-0.2, -0.15) is 0 Å². The average molecular weight is 466 g/mol. The first-order chi connectivity index (χ1) is 16.4. The average Bonchev–Trinajstić information content (AvgIpc) is 3.65. The zero-order valence-electron chi connectivity index (χ0n) is 19.0. The van der Waals surface area contributed by atoms with E-state index >= 15 is 0 Å². The van der Waals surface area contributed by atoms with Crippen LogP contribution in [0.2, 0.25) is 0 Å². The highest BCUT2D eigenvalue weighted by molar-refractivity contribution is 6.04. The molecule has 1 aliphatic rings. The van der Waals surface area contributed by atoms with Crippen LogP contribution in [-0.4, -0.2) is 49.5 Å². The van der Waals surface area contributed by atoms with Gasteiger partial charge in [0, 0.05) is 12.1 Å². The van der Waals surface area contributed by atoms with Crippen molar-refractivity contribution in [3.05, 3.63) is 65.7 Å². The maximum atomic E-state index is 12.3. The largest absolute Gasteiger partial charge is 0.497 e. The van der Waals surface area contributed by atoms with Crippen molar-refractivity contribution in [3.63, 3.8) is 0 Å². The minimum Gasteiger partial charge on any atom is -0.497 e. The summed E-state index contributed by atoms with van der Waals surface area (Å²) < 4.78 is 10.1. The fourth-order valence-corrected chi connectivity index (χ4v) is 2.94. The molecule has 0 bridgehead atoms. The Morgan fingerprint density at radius 1 is 1.06 bits per heavy atom. The summed E-state index contributed by atoms with van der Waals surface area (Å²) >= 11 is 0. The van der Waals surface area contributed by atoms with Crippen molar-refractivity contribution in [2.24, 2.45) is 0 Å². The number of hydrogen-bond acceptors (Lipinski definition) is 6. The summed E-state index contributed by atoms with van der Waals surface area (Å²) in [7, 11) is 1.57. The van der Waals surface area contributed by atoms with Gasteiger partial charge in [-0.1, -0.05) is 24.3 Å². The molecular formula is C25H27N3O6. The Balaban J connectivity index is 1.44. The van der Waals surface area contributed by atoms with Gasteiger partial charge < -0.3 is 25.4 Å². The maximum Gasteiger partial charge on any atom is 0.328 e. The number of anilines is 1. The molecule has 0 aliphatic heterocycles. The number of para-hydroxylation sites is 1. The molecule has 0 radical (unpaired) electrons. The summed E-state index contributed by atoms with van der Waals surface area (Å²) in [5.41, 5.74) is 1.44. The maximum absolute atomic E-state index is 12.3. The van der Waals surface area contributed by atoms with E-state index in [1.54, 1.807) is 61.7 Å². The molecule has 3 rings (SSSR count). The van der Waals surface area contributed by atoms with Gasteiger partial charge >= 0.3 is 5.97 Å². The molecule has 3 amide bonds. The first kappa shape index (κ1) is 24.5. The van der Waals surface area contributed by atoms with E-state index in [1.165, 1.54) is 13.0 Å². The number of carbonyl (C=O) groups excluding carboxylic acids is 4. The lowest BCUT2D eigenvalue weighted by Crippen LogP contribution is -2.39. The molecule has 0 spiro atoms. The Hall–Kier alpha value is -4.14. The van der Waals surface area contributed by atoms with Crippen LogP contribution in [0.25, 0.3) is 6.08 Å². The van der Waals surface area contributed by atoms with E-state index in [9.17, 15) is 19.2 Å². The second-order valence-electron chi connectivity index (χ2n) is 7.79. The lowest BCUT2D eigenvalue weighted by Gasteiger charge is -2.13. The molecule has 9 nitrogen and oxygen atoms in total. The molecule has 2 aromatic rings. The third-order valence-corrected chi connectivity index (χ3v) is 4.96. The smallest absolute Gasteiger partial charge is 0.328 e.